The first-order valence-electron chi connectivity index (χ1n) is 5.58. The molecule has 86 valence electrons. The molecule has 0 unspecified atom stereocenters. The summed E-state index contributed by atoms with van der Waals surface area (Å²) in [6.45, 7) is 2.79. The summed E-state index contributed by atoms with van der Waals surface area (Å²) in [5.74, 6) is -0.107. The van der Waals surface area contributed by atoms with Crippen LogP contribution in [0.25, 0.3) is 0 Å². The Labute approximate surface area is 96.5 Å². The number of carbonyl (C=O) groups is 1. The van der Waals surface area contributed by atoms with Gasteiger partial charge in [0.2, 0.25) is 0 Å². The van der Waals surface area contributed by atoms with Gasteiger partial charge in [0.15, 0.2) is 0 Å². The summed E-state index contributed by atoms with van der Waals surface area (Å²) < 4.78 is 0. The zero-order valence-electron chi connectivity index (χ0n) is 9.57. The van der Waals surface area contributed by atoms with Gasteiger partial charge in [-0.05, 0) is 18.6 Å². The van der Waals surface area contributed by atoms with Crippen molar-refractivity contribution in [2.24, 2.45) is 0 Å². The molecule has 0 aliphatic heterocycles. The summed E-state index contributed by atoms with van der Waals surface area (Å²) in [4.78, 5) is 11.5. The molecule has 0 aromatic heterocycles. The molecule has 1 amide bonds. The first-order valence-corrected chi connectivity index (χ1v) is 5.58. The van der Waals surface area contributed by atoms with E-state index < -0.39 is 0 Å². The predicted molar refractivity (Wildman–Crippen MR) is 66.0 cm³/mol. The van der Waals surface area contributed by atoms with Crippen LogP contribution in [0, 0.1) is 0 Å². The lowest BCUT2D eigenvalue weighted by atomic mass is 10.2. The maximum absolute atomic E-state index is 11.5. The number of amides is 1. The quantitative estimate of drug-likeness (QED) is 0.437. The van der Waals surface area contributed by atoms with Crippen LogP contribution in [0.4, 0.5) is 0 Å². The molecule has 1 aromatic carbocycles. The van der Waals surface area contributed by atoms with Crippen molar-refractivity contribution in [3.05, 3.63) is 48.0 Å². The molecule has 1 aromatic rings. The van der Waals surface area contributed by atoms with Crippen LogP contribution in [0.3, 0.4) is 0 Å². The molecule has 1 rings (SSSR count). The van der Waals surface area contributed by atoms with Crippen molar-refractivity contribution >= 4 is 5.91 Å². The van der Waals surface area contributed by atoms with E-state index in [1.165, 1.54) is 0 Å². The molecular weight excluding hydrogens is 200 g/mol. The van der Waals surface area contributed by atoms with Gasteiger partial charge in [0, 0.05) is 12.1 Å². The molecular formula is C13H18N2O. The Morgan fingerprint density at radius 2 is 2.00 bits per heavy atom. The normalized spacial score (nSPS) is 10.6. The van der Waals surface area contributed by atoms with Crippen molar-refractivity contribution < 1.29 is 4.79 Å². The van der Waals surface area contributed by atoms with Gasteiger partial charge >= 0.3 is 0 Å². The fraction of sp³-hybridized carbons (Fsp3) is 0.308. The minimum Gasteiger partial charge on any atom is -0.287 e. The van der Waals surface area contributed by atoms with E-state index in [1.807, 2.05) is 24.3 Å². The molecule has 0 spiro atoms. The number of rotatable bonds is 6. The third-order valence-corrected chi connectivity index (χ3v) is 2.08. The summed E-state index contributed by atoms with van der Waals surface area (Å²) in [6, 6.07) is 9.14. The number of benzene rings is 1. The first-order chi connectivity index (χ1) is 7.84. The van der Waals surface area contributed by atoms with E-state index in [0.29, 0.717) is 12.1 Å². The number of unbranched alkanes of at least 4 members (excludes halogenated alkanes) is 1. The molecule has 0 bridgehead atoms. The third-order valence-electron chi connectivity index (χ3n) is 2.08. The standard InChI is InChI=1S/C13H18N2O/c1-2-3-4-8-11-14-15-13(16)12-9-6-5-7-10-12/h4-10,14H,2-3,11H2,1H3,(H,15,16)/b8-4+. The van der Waals surface area contributed by atoms with Crippen LogP contribution in [-0.2, 0) is 0 Å². The summed E-state index contributed by atoms with van der Waals surface area (Å²) in [6.07, 6.45) is 6.33. The van der Waals surface area contributed by atoms with Crippen molar-refractivity contribution in [1.82, 2.24) is 10.9 Å². The van der Waals surface area contributed by atoms with Gasteiger partial charge in [-0.15, -0.1) is 0 Å². The molecule has 3 nitrogen and oxygen atoms in total. The van der Waals surface area contributed by atoms with Crippen LogP contribution in [-0.4, -0.2) is 12.5 Å². The maximum atomic E-state index is 11.5. The number of nitrogens with one attached hydrogen (secondary N) is 2. The molecule has 3 heteroatoms. The average molecular weight is 218 g/mol. The fourth-order valence-electron chi connectivity index (χ4n) is 1.22. The van der Waals surface area contributed by atoms with Crippen LogP contribution >= 0.6 is 0 Å². The van der Waals surface area contributed by atoms with Crippen molar-refractivity contribution in [1.29, 1.82) is 0 Å². The molecule has 2 N–H and O–H groups in total. The Morgan fingerprint density at radius 1 is 1.25 bits per heavy atom. The number of allylic oxidation sites excluding steroid dienone is 1. The first kappa shape index (κ1) is 12.5. The molecule has 0 heterocycles. The SMILES string of the molecule is CCC/C=C/CNNC(=O)c1ccccc1. The van der Waals surface area contributed by atoms with Gasteiger partial charge < -0.3 is 0 Å². The second-order valence-electron chi connectivity index (χ2n) is 3.46. The molecule has 0 aliphatic rings. The molecule has 0 fully saturated rings. The third kappa shape index (κ3) is 4.75. The van der Waals surface area contributed by atoms with E-state index in [0.717, 1.165) is 12.8 Å². The highest BCUT2D eigenvalue weighted by atomic mass is 16.2. The second kappa shape index (κ2) is 7.65. The smallest absolute Gasteiger partial charge is 0.265 e. The molecule has 0 radical (unpaired) electrons. The monoisotopic (exact) mass is 218 g/mol. The summed E-state index contributed by atoms with van der Waals surface area (Å²) in [5, 5.41) is 0. The minimum atomic E-state index is -0.107. The van der Waals surface area contributed by atoms with Gasteiger partial charge in [-0.1, -0.05) is 43.7 Å². The van der Waals surface area contributed by atoms with E-state index in [4.69, 9.17) is 0 Å². The van der Waals surface area contributed by atoms with Gasteiger partial charge in [0.05, 0.1) is 0 Å². The zero-order chi connectivity index (χ0) is 11.6. The highest BCUT2D eigenvalue weighted by Gasteiger charge is 2.01. The minimum absolute atomic E-state index is 0.107. The highest BCUT2D eigenvalue weighted by molar-refractivity contribution is 5.93. The molecule has 0 atom stereocenters. The van der Waals surface area contributed by atoms with Crippen LogP contribution in [0.5, 0.6) is 0 Å². The van der Waals surface area contributed by atoms with Crippen LogP contribution in [0.2, 0.25) is 0 Å². The highest BCUT2D eigenvalue weighted by Crippen LogP contribution is 1.96. The van der Waals surface area contributed by atoms with E-state index in [9.17, 15) is 4.79 Å². The molecule has 0 saturated heterocycles. The van der Waals surface area contributed by atoms with Crippen molar-refractivity contribution in [3.63, 3.8) is 0 Å². The summed E-state index contributed by atoms with van der Waals surface area (Å²) in [5.41, 5.74) is 6.15. The van der Waals surface area contributed by atoms with Gasteiger partial charge in [-0.25, -0.2) is 5.43 Å². The zero-order valence-corrected chi connectivity index (χ0v) is 9.57. The topological polar surface area (TPSA) is 41.1 Å². The van der Waals surface area contributed by atoms with Crippen molar-refractivity contribution in [3.8, 4) is 0 Å². The van der Waals surface area contributed by atoms with E-state index in [-0.39, 0.29) is 5.91 Å². The van der Waals surface area contributed by atoms with Crippen molar-refractivity contribution in [2.45, 2.75) is 19.8 Å². The summed E-state index contributed by atoms with van der Waals surface area (Å²) in [7, 11) is 0. The largest absolute Gasteiger partial charge is 0.287 e. The number of hydrogen-bond donors (Lipinski definition) is 2. The van der Waals surface area contributed by atoms with Gasteiger partial charge in [0.1, 0.15) is 0 Å². The maximum Gasteiger partial charge on any atom is 0.265 e. The van der Waals surface area contributed by atoms with E-state index >= 15 is 0 Å². The lowest BCUT2D eigenvalue weighted by molar-refractivity contribution is 0.0935. The lowest BCUT2D eigenvalue weighted by Gasteiger charge is -2.04. The summed E-state index contributed by atoms with van der Waals surface area (Å²) >= 11 is 0. The Hall–Kier alpha value is -1.61. The van der Waals surface area contributed by atoms with Gasteiger partial charge in [-0.3, -0.25) is 10.2 Å². The molecule has 0 aliphatic carbocycles. The fourth-order valence-corrected chi connectivity index (χ4v) is 1.22. The predicted octanol–water partition coefficient (Wildman–Crippen LogP) is 2.28. The number of hydrogen-bond acceptors (Lipinski definition) is 2. The Kier molecular flexibility index (Phi) is 5.96. The Balaban J connectivity index is 2.21. The number of carbonyl (C=O) groups excluding carboxylic acids is 1. The van der Waals surface area contributed by atoms with E-state index in [2.05, 4.69) is 23.9 Å². The number of hydrazine groups is 1. The van der Waals surface area contributed by atoms with E-state index in [1.54, 1.807) is 12.1 Å². The lowest BCUT2D eigenvalue weighted by Crippen LogP contribution is -2.37. The second-order valence-corrected chi connectivity index (χ2v) is 3.46. The van der Waals surface area contributed by atoms with Crippen LogP contribution in [0.1, 0.15) is 30.1 Å². The molecule has 0 saturated carbocycles. The van der Waals surface area contributed by atoms with Crippen LogP contribution < -0.4 is 10.9 Å². The average Bonchev–Trinajstić information content (AvgIpc) is 2.34. The van der Waals surface area contributed by atoms with Gasteiger partial charge in [0.25, 0.3) is 5.91 Å². The van der Waals surface area contributed by atoms with Crippen molar-refractivity contribution in [2.75, 3.05) is 6.54 Å². The molecule has 16 heavy (non-hydrogen) atoms. The van der Waals surface area contributed by atoms with Crippen LogP contribution in [0.15, 0.2) is 42.5 Å². The van der Waals surface area contributed by atoms with Gasteiger partial charge in [-0.2, -0.15) is 0 Å². The Morgan fingerprint density at radius 3 is 2.69 bits per heavy atom. The Bertz CT molecular complexity index is 333.